The summed E-state index contributed by atoms with van der Waals surface area (Å²) in [4.78, 5) is 11.9. The van der Waals surface area contributed by atoms with Crippen LogP contribution < -0.4 is 5.32 Å². The van der Waals surface area contributed by atoms with E-state index in [0.29, 0.717) is 11.3 Å². The number of nitrogens with one attached hydrogen (secondary N) is 1. The number of aromatic hydroxyl groups is 2. The van der Waals surface area contributed by atoms with E-state index in [0.717, 1.165) is 12.1 Å². The number of hydrogen-bond donors (Lipinski definition) is 3. The Morgan fingerprint density at radius 3 is 2.47 bits per heavy atom. The molecule has 4 nitrogen and oxygen atoms in total. The molecule has 0 aliphatic carbocycles. The van der Waals surface area contributed by atoms with E-state index in [1.54, 1.807) is 19.1 Å². The molecule has 1 amide bonds. The van der Waals surface area contributed by atoms with E-state index in [9.17, 15) is 19.4 Å². The summed E-state index contributed by atoms with van der Waals surface area (Å²) >= 11 is 0. The lowest BCUT2D eigenvalue weighted by atomic mass is 10.1. The summed E-state index contributed by atoms with van der Waals surface area (Å²) in [5, 5.41) is 21.5. The van der Waals surface area contributed by atoms with Crippen molar-refractivity contribution in [3.63, 3.8) is 0 Å². The average molecular weight is 261 g/mol. The van der Waals surface area contributed by atoms with Gasteiger partial charge in [-0.2, -0.15) is 0 Å². The molecule has 0 heterocycles. The maximum Gasteiger partial charge on any atom is 0.259 e. The third-order valence-corrected chi connectivity index (χ3v) is 2.67. The molecule has 0 fully saturated rings. The van der Waals surface area contributed by atoms with Gasteiger partial charge in [-0.15, -0.1) is 0 Å². The monoisotopic (exact) mass is 261 g/mol. The van der Waals surface area contributed by atoms with Gasteiger partial charge >= 0.3 is 0 Å². The third-order valence-electron chi connectivity index (χ3n) is 2.67. The van der Waals surface area contributed by atoms with Crippen LogP contribution in [0.1, 0.15) is 15.9 Å². The minimum atomic E-state index is -0.623. The zero-order valence-electron chi connectivity index (χ0n) is 10.1. The summed E-state index contributed by atoms with van der Waals surface area (Å²) in [7, 11) is 0. The van der Waals surface area contributed by atoms with E-state index < -0.39 is 17.5 Å². The highest BCUT2D eigenvalue weighted by Crippen LogP contribution is 2.23. The lowest BCUT2D eigenvalue weighted by molar-refractivity contribution is 0.102. The Hall–Kier alpha value is -2.56. The molecule has 3 N–H and O–H groups in total. The summed E-state index contributed by atoms with van der Waals surface area (Å²) in [6.45, 7) is 1.73. The second-order valence-corrected chi connectivity index (χ2v) is 4.12. The van der Waals surface area contributed by atoms with Gasteiger partial charge < -0.3 is 15.5 Å². The molecule has 0 spiro atoms. The summed E-state index contributed by atoms with van der Waals surface area (Å²) in [6, 6.07) is 7.80. The standard InChI is InChI=1S/C14H12FNO3/c1-8-2-4-10(7-12(8)17)16-14(19)11-5-3-9(15)6-13(11)18/h2-7,17-18H,1H3,(H,16,19). The minimum Gasteiger partial charge on any atom is -0.508 e. The molecule has 2 rings (SSSR count). The molecule has 5 heteroatoms. The summed E-state index contributed by atoms with van der Waals surface area (Å²) in [6.07, 6.45) is 0. The molecule has 0 radical (unpaired) electrons. The molecular weight excluding hydrogens is 249 g/mol. The Kier molecular flexibility index (Phi) is 3.37. The number of amides is 1. The van der Waals surface area contributed by atoms with Crippen LogP contribution in [0.15, 0.2) is 36.4 Å². The van der Waals surface area contributed by atoms with Gasteiger partial charge in [-0.1, -0.05) is 6.07 Å². The van der Waals surface area contributed by atoms with Gasteiger partial charge in [0.2, 0.25) is 0 Å². The van der Waals surface area contributed by atoms with Crippen molar-refractivity contribution in [2.24, 2.45) is 0 Å². The van der Waals surface area contributed by atoms with Crippen molar-refractivity contribution in [2.75, 3.05) is 5.32 Å². The highest BCUT2D eigenvalue weighted by molar-refractivity contribution is 6.06. The number of aryl methyl sites for hydroxylation is 1. The van der Waals surface area contributed by atoms with Crippen molar-refractivity contribution in [1.82, 2.24) is 0 Å². The first-order valence-corrected chi connectivity index (χ1v) is 5.57. The molecule has 0 saturated heterocycles. The number of phenols is 2. The molecule has 0 saturated carbocycles. The van der Waals surface area contributed by atoms with Crippen LogP contribution in [0, 0.1) is 12.7 Å². The summed E-state index contributed by atoms with van der Waals surface area (Å²) in [5.74, 6) is -1.59. The molecule has 2 aromatic carbocycles. The normalized spacial score (nSPS) is 10.2. The molecule has 19 heavy (non-hydrogen) atoms. The number of anilines is 1. The van der Waals surface area contributed by atoms with Gasteiger partial charge in [0.05, 0.1) is 5.56 Å². The number of rotatable bonds is 2. The topological polar surface area (TPSA) is 69.6 Å². The Bertz CT molecular complexity index is 641. The lowest BCUT2D eigenvalue weighted by Gasteiger charge is -2.08. The Morgan fingerprint density at radius 2 is 1.84 bits per heavy atom. The molecule has 0 unspecified atom stereocenters. The number of carbonyl (C=O) groups excluding carboxylic acids is 1. The second-order valence-electron chi connectivity index (χ2n) is 4.12. The van der Waals surface area contributed by atoms with Crippen LogP contribution in [-0.4, -0.2) is 16.1 Å². The maximum atomic E-state index is 12.8. The van der Waals surface area contributed by atoms with Gasteiger partial charge in [-0.05, 0) is 30.7 Å². The fraction of sp³-hybridized carbons (Fsp3) is 0.0714. The van der Waals surface area contributed by atoms with Crippen molar-refractivity contribution in [3.05, 3.63) is 53.3 Å². The van der Waals surface area contributed by atoms with Crippen molar-refractivity contribution >= 4 is 11.6 Å². The second kappa shape index (κ2) is 4.97. The summed E-state index contributed by atoms with van der Waals surface area (Å²) in [5.41, 5.74) is 1.03. The number of phenolic OH excluding ortho intramolecular Hbond substituents is 2. The van der Waals surface area contributed by atoms with Crippen LogP contribution in [0.2, 0.25) is 0 Å². The Labute approximate surface area is 109 Å². The predicted octanol–water partition coefficient (Wildman–Crippen LogP) is 2.80. The van der Waals surface area contributed by atoms with E-state index >= 15 is 0 Å². The highest BCUT2D eigenvalue weighted by Gasteiger charge is 2.12. The number of hydrogen-bond acceptors (Lipinski definition) is 3. The van der Waals surface area contributed by atoms with Crippen LogP contribution in [0.3, 0.4) is 0 Å². The molecule has 0 aliphatic heterocycles. The molecule has 0 aromatic heterocycles. The van der Waals surface area contributed by atoms with Crippen LogP contribution in [0.4, 0.5) is 10.1 Å². The smallest absolute Gasteiger partial charge is 0.259 e. The van der Waals surface area contributed by atoms with Gasteiger partial charge in [0, 0.05) is 17.8 Å². The number of carbonyl (C=O) groups is 1. The lowest BCUT2D eigenvalue weighted by Crippen LogP contribution is -2.12. The highest BCUT2D eigenvalue weighted by atomic mass is 19.1. The maximum absolute atomic E-state index is 12.8. The van der Waals surface area contributed by atoms with Crippen LogP contribution in [0.25, 0.3) is 0 Å². The number of benzene rings is 2. The van der Waals surface area contributed by atoms with E-state index in [1.165, 1.54) is 12.1 Å². The number of halogens is 1. The average Bonchev–Trinajstić information content (AvgIpc) is 2.33. The van der Waals surface area contributed by atoms with Crippen molar-refractivity contribution in [1.29, 1.82) is 0 Å². The van der Waals surface area contributed by atoms with Crippen molar-refractivity contribution in [2.45, 2.75) is 6.92 Å². The van der Waals surface area contributed by atoms with Gasteiger partial charge in [0.1, 0.15) is 17.3 Å². The van der Waals surface area contributed by atoms with E-state index in [-0.39, 0.29) is 11.3 Å². The molecule has 98 valence electrons. The zero-order chi connectivity index (χ0) is 14.0. The van der Waals surface area contributed by atoms with Crippen molar-refractivity contribution < 1.29 is 19.4 Å². The first-order valence-electron chi connectivity index (χ1n) is 5.57. The Balaban J connectivity index is 2.23. The molecule has 0 atom stereocenters. The fourth-order valence-corrected chi connectivity index (χ4v) is 1.58. The van der Waals surface area contributed by atoms with Gasteiger partial charge in [0.15, 0.2) is 0 Å². The zero-order valence-corrected chi connectivity index (χ0v) is 10.1. The summed E-state index contributed by atoms with van der Waals surface area (Å²) < 4.78 is 12.8. The predicted molar refractivity (Wildman–Crippen MR) is 68.9 cm³/mol. The first-order chi connectivity index (χ1) is 8.97. The minimum absolute atomic E-state index is 0.0403. The van der Waals surface area contributed by atoms with Gasteiger partial charge in [-0.3, -0.25) is 4.79 Å². The molecule has 0 bridgehead atoms. The van der Waals surface area contributed by atoms with E-state index in [2.05, 4.69) is 5.32 Å². The van der Waals surface area contributed by atoms with E-state index in [4.69, 9.17) is 0 Å². The van der Waals surface area contributed by atoms with Crippen LogP contribution >= 0.6 is 0 Å². The Morgan fingerprint density at radius 1 is 1.11 bits per heavy atom. The SMILES string of the molecule is Cc1ccc(NC(=O)c2ccc(F)cc2O)cc1O. The molecular formula is C14H12FNO3. The van der Waals surface area contributed by atoms with Crippen LogP contribution in [-0.2, 0) is 0 Å². The largest absolute Gasteiger partial charge is 0.508 e. The third kappa shape index (κ3) is 2.82. The molecule has 0 aliphatic rings. The quantitative estimate of drug-likeness (QED) is 0.778. The van der Waals surface area contributed by atoms with E-state index in [1.807, 2.05) is 0 Å². The molecule has 2 aromatic rings. The fourth-order valence-electron chi connectivity index (χ4n) is 1.58. The first kappa shape index (κ1) is 12.9. The van der Waals surface area contributed by atoms with Gasteiger partial charge in [0.25, 0.3) is 5.91 Å². The van der Waals surface area contributed by atoms with Crippen molar-refractivity contribution in [3.8, 4) is 11.5 Å². The van der Waals surface area contributed by atoms with Crippen LogP contribution in [0.5, 0.6) is 11.5 Å². The van der Waals surface area contributed by atoms with Gasteiger partial charge in [-0.25, -0.2) is 4.39 Å².